The molecular weight excluding hydrogens is 228 g/mol. The molecule has 0 spiro atoms. The fourth-order valence-corrected chi connectivity index (χ4v) is 2.43. The van der Waals surface area contributed by atoms with Gasteiger partial charge >= 0.3 is 0 Å². The molecule has 5 nitrogen and oxygen atoms in total. The monoisotopic (exact) mass is 244 g/mol. The first-order valence-electron chi connectivity index (χ1n) is 6.11. The van der Waals surface area contributed by atoms with Crippen LogP contribution in [0.25, 0.3) is 0 Å². The second-order valence-corrected chi connectivity index (χ2v) is 4.42. The van der Waals surface area contributed by atoms with Gasteiger partial charge < -0.3 is 0 Å². The van der Waals surface area contributed by atoms with E-state index in [2.05, 4.69) is 11.4 Å². The number of nitrogens with zero attached hydrogens (tertiary/aromatic N) is 4. The smallest absolute Gasteiger partial charge is 0.106 e. The Kier molecular flexibility index (Phi) is 3.90. The molecule has 2 rings (SSSR count). The van der Waals surface area contributed by atoms with Gasteiger partial charge in [-0.3, -0.25) is 4.90 Å². The van der Waals surface area contributed by atoms with Crippen molar-refractivity contribution in [2.45, 2.75) is 32.0 Å². The molecule has 0 bridgehead atoms. The summed E-state index contributed by atoms with van der Waals surface area (Å²) in [6.07, 6.45) is 1.66. The normalized spacial score (nSPS) is 21.2. The van der Waals surface area contributed by atoms with E-state index in [4.69, 9.17) is 5.26 Å². The Hall–Kier alpha value is -1.93. The highest BCUT2D eigenvalue weighted by Crippen LogP contribution is 2.25. The SMILES string of the molecule is CC(N(N=O)c1ccccc1)N1CCCC1C#N. The first-order valence-corrected chi connectivity index (χ1v) is 6.11. The van der Waals surface area contributed by atoms with Crippen LogP contribution in [-0.4, -0.2) is 23.7 Å². The van der Waals surface area contributed by atoms with Crippen LogP contribution in [0.4, 0.5) is 5.69 Å². The zero-order valence-corrected chi connectivity index (χ0v) is 10.4. The van der Waals surface area contributed by atoms with Gasteiger partial charge in [-0.15, -0.1) is 4.91 Å². The van der Waals surface area contributed by atoms with Gasteiger partial charge in [0.2, 0.25) is 0 Å². The summed E-state index contributed by atoms with van der Waals surface area (Å²) in [5.74, 6) is 0. The van der Waals surface area contributed by atoms with Crippen LogP contribution < -0.4 is 5.01 Å². The second-order valence-electron chi connectivity index (χ2n) is 4.42. The zero-order chi connectivity index (χ0) is 13.0. The highest BCUT2D eigenvalue weighted by Gasteiger charge is 2.32. The minimum atomic E-state index is -0.197. The average molecular weight is 244 g/mol. The topological polar surface area (TPSA) is 59.7 Å². The molecule has 0 amide bonds. The summed E-state index contributed by atoms with van der Waals surface area (Å²) in [4.78, 5) is 13.1. The molecule has 1 aromatic rings. The standard InChI is InChI=1S/C13H16N4O/c1-11(16-9-5-8-13(16)10-14)17(15-18)12-6-3-2-4-7-12/h2-4,6-7,11,13H,5,8-9H2,1H3. The minimum Gasteiger partial charge on any atom is -0.266 e. The molecule has 1 aliphatic rings. The molecule has 5 heteroatoms. The van der Waals surface area contributed by atoms with Gasteiger partial charge in [0.25, 0.3) is 0 Å². The van der Waals surface area contributed by atoms with E-state index in [1.54, 1.807) is 0 Å². The number of hydrogen-bond acceptors (Lipinski definition) is 4. The Bertz CT molecular complexity index is 442. The maximum absolute atomic E-state index is 11.1. The molecule has 18 heavy (non-hydrogen) atoms. The summed E-state index contributed by atoms with van der Waals surface area (Å²) in [5, 5.41) is 13.6. The molecule has 1 fully saturated rings. The van der Waals surface area contributed by atoms with Crippen LogP contribution in [-0.2, 0) is 0 Å². The van der Waals surface area contributed by atoms with Crippen molar-refractivity contribution in [1.29, 1.82) is 5.26 Å². The molecule has 0 aromatic heterocycles. The van der Waals surface area contributed by atoms with Crippen molar-refractivity contribution in [3.05, 3.63) is 35.2 Å². The van der Waals surface area contributed by atoms with Gasteiger partial charge in [-0.25, -0.2) is 5.01 Å². The Balaban J connectivity index is 2.18. The summed E-state index contributed by atoms with van der Waals surface area (Å²) < 4.78 is 0. The minimum absolute atomic E-state index is 0.118. The predicted octanol–water partition coefficient (Wildman–Crippen LogP) is 2.51. The summed E-state index contributed by atoms with van der Waals surface area (Å²) in [5.41, 5.74) is 0.753. The van der Waals surface area contributed by atoms with Gasteiger partial charge in [-0.2, -0.15) is 5.26 Å². The fourth-order valence-electron chi connectivity index (χ4n) is 2.43. The number of nitroso groups, excluding NO2 is 1. The molecule has 2 atom stereocenters. The lowest BCUT2D eigenvalue weighted by Crippen LogP contribution is -2.46. The van der Waals surface area contributed by atoms with Crippen molar-refractivity contribution in [3.8, 4) is 6.07 Å². The maximum atomic E-state index is 11.1. The molecule has 1 aromatic carbocycles. The van der Waals surface area contributed by atoms with Crippen LogP contribution in [0.2, 0.25) is 0 Å². The second kappa shape index (κ2) is 5.61. The molecular formula is C13H16N4O. The third-order valence-electron chi connectivity index (χ3n) is 3.39. The van der Waals surface area contributed by atoms with E-state index < -0.39 is 0 Å². The van der Waals surface area contributed by atoms with Crippen molar-refractivity contribution in [2.75, 3.05) is 11.6 Å². The molecule has 1 heterocycles. The van der Waals surface area contributed by atoms with E-state index in [-0.39, 0.29) is 12.2 Å². The Morgan fingerprint density at radius 3 is 2.83 bits per heavy atom. The van der Waals surface area contributed by atoms with Gasteiger partial charge in [-0.1, -0.05) is 18.2 Å². The largest absolute Gasteiger partial charge is 0.266 e. The van der Waals surface area contributed by atoms with Crippen molar-refractivity contribution in [3.63, 3.8) is 0 Å². The quantitative estimate of drug-likeness (QED) is 0.603. The Morgan fingerprint density at radius 2 is 2.22 bits per heavy atom. The lowest BCUT2D eigenvalue weighted by atomic mass is 10.2. The van der Waals surface area contributed by atoms with E-state index in [0.29, 0.717) is 0 Å². The summed E-state index contributed by atoms with van der Waals surface area (Å²) >= 11 is 0. The van der Waals surface area contributed by atoms with Crippen LogP contribution in [0.15, 0.2) is 35.6 Å². The van der Waals surface area contributed by atoms with E-state index in [9.17, 15) is 4.91 Å². The van der Waals surface area contributed by atoms with Crippen LogP contribution in [0.3, 0.4) is 0 Å². The molecule has 1 aliphatic heterocycles. The van der Waals surface area contributed by atoms with Crippen molar-refractivity contribution < 1.29 is 0 Å². The van der Waals surface area contributed by atoms with Gasteiger partial charge in [0, 0.05) is 6.54 Å². The van der Waals surface area contributed by atoms with Crippen molar-refractivity contribution in [2.24, 2.45) is 5.29 Å². The first-order chi connectivity index (χ1) is 8.77. The molecule has 0 saturated carbocycles. The third kappa shape index (κ3) is 2.34. The van der Waals surface area contributed by atoms with Gasteiger partial charge in [-0.05, 0) is 31.9 Å². The van der Waals surface area contributed by atoms with Crippen molar-refractivity contribution in [1.82, 2.24) is 4.90 Å². The molecule has 0 aliphatic carbocycles. The van der Waals surface area contributed by atoms with E-state index >= 15 is 0 Å². The number of hydrogen-bond donors (Lipinski definition) is 0. The number of nitriles is 1. The number of benzene rings is 1. The Morgan fingerprint density at radius 1 is 1.50 bits per heavy atom. The van der Waals surface area contributed by atoms with E-state index in [1.807, 2.05) is 42.2 Å². The number of para-hydroxylation sites is 1. The molecule has 1 saturated heterocycles. The Labute approximate surface area is 107 Å². The third-order valence-corrected chi connectivity index (χ3v) is 3.39. The van der Waals surface area contributed by atoms with Gasteiger partial charge in [0.1, 0.15) is 6.17 Å². The summed E-state index contributed by atoms with van der Waals surface area (Å²) in [6.45, 7) is 2.74. The predicted molar refractivity (Wildman–Crippen MR) is 69.5 cm³/mol. The molecule has 0 radical (unpaired) electrons. The molecule has 94 valence electrons. The lowest BCUT2D eigenvalue weighted by molar-refractivity contribution is 0.217. The lowest BCUT2D eigenvalue weighted by Gasteiger charge is -2.32. The zero-order valence-electron chi connectivity index (χ0n) is 10.4. The molecule has 2 unspecified atom stereocenters. The number of rotatable bonds is 4. The van der Waals surface area contributed by atoms with Crippen LogP contribution in [0.5, 0.6) is 0 Å². The van der Waals surface area contributed by atoms with Gasteiger partial charge in [0.05, 0.1) is 23.1 Å². The van der Waals surface area contributed by atoms with Gasteiger partial charge in [0.15, 0.2) is 0 Å². The maximum Gasteiger partial charge on any atom is 0.106 e. The average Bonchev–Trinajstić information content (AvgIpc) is 2.89. The van der Waals surface area contributed by atoms with Crippen LogP contribution in [0.1, 0.15) is 19.8 Å². The van der Waals surface area contributed by atoms with E-state index in [0.717, 1.165) is 25.1 Å². The summed E-state index contributed by atoms with van der Waals surface area (Å²) in [6, 6.07) is 11.5. The highest BCUT2D eigenvalue weighted by molar-refractivity contribution is 5.45. The van der Waals surface area contributed by atoms with Crippen molar-refractivity contribution >= 4 is 5.69 Å². The first kappa shape index (κ1) is 12.5. The fraction of sp³-hybridized carbons (Fsp3) is 0.462. The number of anilines is 1. The summed E-state index contributed by atoms with van der Waals surface area (Å²) in [7, 11) is 0. The molecule has 0 N–H and O–H groups in total. The highest BCUT2D eigenvalue weighted by atomic mass is 16.3. The van der Waals surface area contributed by atoms with Crippen LogP contribution in [0, 0.1) is 16.2 Å². The van der Waals surface area contributed by atoms with E-state index in [1.165, 1.54) is 5.01 Å². The number of likely N-dealkylation sites (tertiary alicyclic amines) is 1. The van der Waals surface area contributed by atoms with Crippen LogP contribution >= 0.6 is 0 Å².